The lowest BCUT2D eigenvalue weighted by Crippen LogP contribution is -2.55. The van der Waals surface area contributed by atoms with Gasteiger partial charge in [-0.3, -0.25) is 4.79 Å². The molecule has 0 aromatic carbocycles. The van der Waals surface area contributed by atoms with Crippen LogP contribution in [0.25, 0.3) is 0 Å². The highest BCUT2D eigenvalue weighted by atomic mass is 32.1. The van der Waals surface area contributed by atoms with E-state index in [2.05, 4.69) is 19.9 Å². The van der Waals surface area contributed by atoms with Gasteiger partial charge in [-0.05, 0) is 85.5 Å². The second kappa shape index (κ2) is 8.44. The summed E-state index contributed by atoms with van der Waals surface area (Å²) < 4.78 is 5.48. The normalized spacial score (nSPS) is 45.3. The van der Waals surface area contributed by atoms with Gasteiger partial charge in [-0.15, -0.1) is 11.3 Å². The average Bonchev–Trinajstić information content (AvgIpc) is 3.36. The molecule has 0 amide bonds. The number of ether oxygens (including phenoxy) is 1. The smallest absolute Gasteiger partial charge is 0.302 e. The molecule has 0 radical (unpaired) electrons. The fourth-order valence-corrected chi connectivity index (χ4v) is 8.78. The Morgan fingerprint density at radius 3 is 2.48 bits per heavy atom. The number of aliphatic hydroxyl groups excluding tert-OH is 2. The number of carbonyl (C=O) groups is 1. The molecule has 1 aromatic heterocycles. The lowest BCUT2D eigenvalue weighted by Gasteiger charge is -2.58. The summed E-state index contributed by atoms with van der Waals surface area (Å²) in [6.45, 7) is 6.14. The maximum atomic E-state index is 11.8. The summed E-state index contributed by atoms with van der Waals surface area (Å²) in [6.07, 6.45) is 5.78. The Hall–Kier alpha value is -0.950. The predicted octanol–water partition coefficient (Wildman–Crippen LogP) is 4.10. The minimum atomic E-state index is -0.825. The van der Waals surface area contributed by atoms with Gasteiger partial charge >= 0.3 is 5.97 Å². The molecular formula is C25H38O5S. The average molecular weight is 451 g/mol. The Labute approximate surface area is 189 Å². The highest BCUT2D eigenvalue weighted by Gasteiger charge is 2.64. The van der Waals surface area contributed by atoms with Crippen molar-refractivity contribution in [2.75, 3.05) is 13.2 Å². The van der Waals surface area contributed by atoms with Gasteiger partial charge in [0.25, 0.3) is 0 Å². The van der Waals surface area contributed by atoms with Crippen LogP contribution >= 0.6 is 11.3 Å². The van der Waals surface area contributed by atoms with Gasteiger partial charge in [0.05, 0.1) is 0 Å². The molecule has 174 valence electrons. The number of hydrogen-bond acceptors (Lipinski definition) is 6. The molecule has 3 unspecified atom stereocenters. The zero-order chi connectivity index (χ0) is 22.4. The lowest BCUT2D eigenvalue weighted by molar-refractivity contribution is -0.164. The van der Waals surface area contributed by atoms with Crippen LogP contribution < -0.4 is 0 Å². The monoisotopic (exact) mass is 450 g/mol. The largest absolute Gasteiger partial charge is 0.463 e. The zero-order valence-corrected chi connectivity index (χ0v) is 19.9. The van der Waals surface area contributed by atoms with Crippen molar-refractivity contribution in [1.82, 2.24) is 0 Å². The molecule has 5 nitrogen and oxygen atoms in total. The van der Waals surface area contributed by atoms with E-state index < -0.39 is 5.60 Å². The van der Waals surface area contributed by atoms with E-state index in [9.17, 15) is 20.1 Å². The third-order valence-electron chi connectivity index (χ3n) is 9.61. The number of hydrogen-bond donors (Lipinski definition) is 3. The first-order chi connectivity index (χ1) is 14.7. The molecule has 3 fully saturated rings. The van der Waals surface area contributed by atoms with Crippen LogP contribution in [0.1, 0.15) is 70.6 Å². The van der Waals surface area contributed by atoms with Gasteiger partial charge in [0.1, 0.15) is 11.7 Å². The first kappa shape index (κ1) is 23.2. The standard InChI is InChI=1S/C25H38O5S/c1-16(28)30-18-6-9-23(2,17(13-18)14-26)20-7-10-24(3)21(19(20)15-27)8-11-25(24,29)22-5-4-12-31-22/h4-5,12,17-21,26-27,29H,6-11,13-15H2,1-3H3/t17?,18?,19-,20+,21+,23?,24+,25-/m1/s1. The number of thiophene rings is 1. The van der Waals surface area contributed by atoms with E-state index in [1.165, 1.54) is 6.92 Å². The van der Waals surface area contributed by atoms with Crippen molar-refractivity contribution in [1.29, 1.82) is 0 Å². The maximum Gasteiger partial charge on any atom is 0.302 e. The SMILES string of the molecule is CC(=O)OC1CCC(C)([C@H]2CC[C@@]3(C)[C@@H](CC[C@@]3(O)c3cccs3)[C@@H]2CO)C(CO)C1. The topological polar surface area (TPSA) is 87.0 Å². The third-order valence-corrected chi connectivity index (χ3v) is 10.6. The van der Waals surface area contributed by atoms with Crippen LogP contribution in [0, 0.1) is 34.5 Å². The van der Waals surface area contributed by atoms with Crippen LogP contribution in [-0.2, 0) is 15.1 Å². The van der Waals surface area contributed by atoms with Crippen LogP contribution in [0.5, 0.6) is 0 Å². The van der Waals surface area contributed by atoms with Crippen LogP contribution in [0.4, 0.5) is 0 Å². The van der Waals surface area contributed by atoms with E-state index >= 15 is 0 Å². The number of esters is 1. The molecule has 8 atom stereocenters. The van der Waals surface area contributed by atoms with Gasteiger partial charge in [0, 0.05) is 30.4 Å². The second-order valence-corrected chi connectivity index (χ2v) is 11.7. The summed E-state index contributed by atoms with van der Waals surface area (Å²) in [5, 5.41) is 34.7. The van der Waals surface area contributed by atoms with E-state index in [0.717, 1.165) is 43.4 Å². The summed E-state index contributed by atoms with van der Waals surface area (Å²) in [6, 6.07) is 4.07. The molecule has 4 rings (SSSR count). The van der Waals surface area contributed by atoms with E-state index in [-0.39, 0.29) is 59.8 Å². The number of carbonyl (C=O) groups excluding carboxylic acids is 1. The van der Waals surface area contributed by atoms with Gasteiger partial charge in [0.2, 0.25) is 0 Å². The summed E-state index contributed by atoms with van der Waals surface area (Å²) >= 11 is 1.63. The Balaban J connectivity index is 1.60. The van der Waals surface area contributed by atoms with Crippen molar-refractivity contribution in [3.8, 4) is 0 Å². The number of fused-ring (bicyclic) bond motifs is 1. The quantitative estimate of drug-likeness (QED) is 0.588. The van der Waals surface area contributed by atoms with E-state index in [4.69, 9.17) is 4.74 Å². The highest BCUT2D eigenvalue weighted by Crippen LogP contribution is 2.67. The fraction of sp³-hybridized carbons (Fsp3) is 0.800. The molecule has 1 heterocycles. The van der Waals surface area contributed by atoms with Crippen molar-refractivity contribution in [2.24, 2.45) is 34.5 Å². The Morgan fingerprint density at radius 1 is 1.13 bits per heavy atom. The molecule has 3 aliphatic rings. The van der Waals surface area contributed by atoms with E-state index in [1.54, 1.807) is 11.3 Å². The van der Waals surface area contributed by atoms with Crippen molar-refractivity contribution in [3.05, 3.63) is 22.4 Å². The molecule has 1 aromatic rings. The molecule has 0 saturated heterocycles. The molecule has 3 aliphatic carbocycles. The summed E-state index contributed by atoms with van der Waals surface area (Å²) in [5.74, 6) is 0.442. The highest BCUT2D eigenvalue weighted by molar-refractivity contribution is 7.10. The zero-order valence-electron chi connectivity index (χ0n) is 19.0. The van der Waals surface area contributed by atoms with Crippen molar-refractivity contribution >= 4 is 17.3 Å². The molecular weight excluding hydrogens is 412 g/mol. The number of rotatable bonds is 5. The molecule has 6 heteroatoms. The Morgan fingerprint density at radius 2 is 1.87 bits per heavy atom. The molecule has 0 spiro atoms. The maximum absolute atomic E-state index is 11.8. The number of aliphatic hydroxyl groups is 3. The van der Waals surface area contributed by atoms with Gasteiger partial charge in [-0.1, -0.05) is 19.9 Å². The summed E-state index contributed by atoms with van der Waals surface area (Å²) in [5.41, 5.74) is -1.18. The molecule has 0 aliphatic heterocycles. The summed E-state index contributed by atoms with van der Waals surface area (Å²) in [7, 11) is 0. The van der Waals surface area contributed by atoms with Crippen LogP contribution in [0.15, 0.2) is 17.5 Å². The third kappa shape index (κ3) is 3.58. The van der Waals surface area contributed by atoms with Gasteiger partial charge in [-0.2, -0.15) is 0 Å². The molecule has 0 bridgehead atoms. The molecule has 3 saturated carbocycles. The molecule has 3 N–H and O–H groups in total. The van der Waals surface area contributed by atoms with Crippen molar-refractivity contribution in [3.63, 3.8) is 0 Å². The minimum absolute atomic E-state index is 0.0478. The fourth-order valence-electron chi connectivity index (χ4n) is 7.79. The predicted molar refractivity (Wildman–Crippen MR) is 120 cm³/mol. The molecule has 31 heavy (non-hydrogen) atoms. The second-order valence-electron chi connectivity index (χ2n) is 10.8. The minimum Gasteiger partial charge on any atom is -0.463 e. The van der Waals surface area contributed by atoms with Gasteiger partial charge in [-0.25, -0.2) is 0 Å². The Kier molecular flexibility index (Phi) is 6.32. The van der Waals surface area contributed by atoms with Crippen molar-refractivity contribution in [2.45, 2.75) is 77.4 Å². The first-order valence-corrected chi connectivity index (χ1v) is 12.7. The Bertz CT molecular complexity index is 781. The summed E-state index contributed by atoms with van der Waals surface area (Å²) in [4.78, 5) is 12.5. The van der Waals surface area contributed by atoms with Crippen LogP contribution in [-0.4, -0.2) is 40.6 Å². The van der Waals surface area contributed by atoms with Gasteiger partial charge in [0.15, 0.2) is 0 Å². The van der Waals surface area contributed by atoms with Crippen LogP contribution in [0.3, 0.4) is 0 Å². The van der Waals surface area contributed by atoms with E-state index in [1.807, 2.05) is 11.4 Å². The van der Waals surface area contributed by atoms with Crippen molar-refractivity contribution < 1.29 is 24.9 Å². The van der Waals surface area contributed by atoms with Gasteiger partial charge < -0.3 is 20.1 Å². The lowest BCUT2D eigenvalue weighted by atomic mass is 9.48. The van der Waals surface area contributed by atoms with E-state index in [0.29, 0.717) is 6.42 Å². The van der Waals surface area contributed by atoms with Crippen LogP contribution in [0.2, 0.25) is 0 Å². The first-order valence-electron chi connectivity index (χ1n) is 11.8.